The lowest BCUT2D eigenvalue weighted by Crippen LogP contribution is -2.49. The van der Waals surface area contributed by atoms with Gasteiger partial charge in [0, 0.05) is 25.2 Å². The highest BCUT2D eigenvalue weighted by atomic mass is 19.1. The fourth-order valence-electron chi connectivity index (χ4n) is 3.51. The van der Waals surface area contributed by atoms with Gasteiger partial charge < -0.3 is 9.64 Å². The number of fused-ring (bicyclic) bond motifs is 1. The first-order valence-corrected chi connectivity index (χ1v) is 8.69. The molecule has 1 atom stereocenters. The van der Waals surface area contributed by atoms with E-state index in [2.05, 4.69) is 4.90 Å². The number of carbonyl (C=O) groups excluding carboxylic acids is 1. The maximum Gasteiger partial charge on any atom is 0.237 e. The normalized spacial score (nSPS) is 20.2. The zero-order valence-electron chi connectivity index (χ0n) is 14.0. The number of hydrogen-bond acceptors (Lipinski definition) is 3. The Morgan fingerprint density at radius 2 is 1.92 bits per heavy atom. The highest BCUT2D eigenvalue weighted by Gasteiger charge is 2.34. The average Bonchev–Trinajstić information content (AvgIpc) is 2.77. The van der Waals surface area contributed by atoms with Crippen LogP contribution < -0.4 is 4.74 Å². The van der Waals surface area contributed by atoms with E-state index in [4.69, 9.17) is 4.74 Å². The molecule has 2 aliphatic heterocycles. The van der Waals surface area contributed by atoms with E-state index in [1.807, 2.05) is 29.2 Å². The molecule has 0 aliphatic carbocycles. The lowest BCUT2D eigenvalue weighted by Gasteiger charge is -2.42. The van der Waals surface area contributed by atoms with Crippen LogP contribution in [0.1, 0.15) is 23.6 Å². The minimum Gasteiger partial charge on any atom is -0.492 e. The number of benzene rings is 2. The van der Waals surface area contributed by atoms with Gasteiger partial charge in [-0.3, -0.25) is 9.69 Å². The third kappa shape index (κ3) is 3.37. The van der Waals surface area contributed by atoms with Gasteiger partial charge in [0.25, 0.3) is 0 Å². The molecular weight excluding hydrogens is 319 g/mol. The number of amides is 1. The van der Waals surface area contributed by atoms with Crippen molar-refractivity contribution >= 4 is 5.91 Å². The highest BCUT2D eigenvalue weighted by molar-refractivity contribution is 5.79. The molecule has 0 bridgehead atoms. The minimum atomic E-state index is -0.246. The van der Waals surface area contributed by atoms with Crippen LogP contribution in [0.3, 0.4) is 0 Å². The number of carbonyl (C=O) groups is 1. The predicted molar refractivity (Wildman–Crippen MR) is 92.7 cm³/mol. The molecular formula is C20H21FN2O2. The lowest BCUT2D eigenvalue weighted by molar-refractivity contribution is -0.140. The number of halogens is 1. The molecule has 130 valence electrons. The molecule has 2 aliphatic rings. The van der Waals surface area contributed by atoms with Crippen LogP contribution in [0.4, 0.5) is 4.39 Å². The molecule has 0 spiro atoms. The Balaban J connectivity index is 1.41. The molecule has 1 saturated heterocycles. The average molecular weight is 340 g/mol. The fourth-order valence-corrected chi connectivity index (χ4v) is 3.51. The summed E-state index contributed by atoms with van der Waals surface area (Å²) in [5.41, 5.74) is 2.12. The van der Waals surface area contributed by atoms with Crippen LogP contribution in [0.15, 0.2) is 48.5 Å². The zero-order valence-corrected chi connectivity index (χ0v) is 14.0. The molecule has 0 aromatic heterocycles. The summed E-state index contributed by atoms with van der Waals surface area (Å²) in [5.74, 6) is 0.787. The maximum atomic E-state index is 13.1. The van der Waals surface area contributed by atoms with E-state index in [0.717, 1.165) is 42.9 Å². The molecule has 25 heavy (non-hydrogen) atoms. The van der Waals surface area contributed by atoms with Crippen LogP contribution in [0.25, 0.3) is 0 Å². The van der Waals surface area contributed by atoms with Crippen molar-refractivity contribution in [1.29, 1.82) is 0 Å². The molecule has 0 N–H and O–H groups in total. The first kappa shape index (κ1) is 16.1. The minimum absolute atomic E-state index is 0.0728. The summed E-state index contributed by atoms with van der Waals surface area (Å²) in [4.78, 5) is 16.8. The highest BCUT2D eigenvalue weighted by Crippen LogP contribution is 2.33. The number of nitrogens with zero attached hydrogens (tertiary/aromatic N) is 2. The third-order valence-corrected chi connectivity index (χ3v) is 4.99. The van der Waals surface area contributed by atoms with Crippen LogP contribution in [0.5, 0.6) is 5.75 Å². The standard InChI is InChI=1S/C20H21FN2O2/c21-17-7-5-15(6-8-17)18-9-10-23(18)20(24)14-22-11-12-25-19-4-2-1-3-16(19)13-22/h1-8,18H,9-14H2. The Kier molecular flexibility index (Phi) is 4.40. The van der Waals surface area contributed by atoms with Crippen LogP contribution in [0.2, 0.25) is 0 Å². The van der Waals surface area contributed by atoms with Crippen molar-refractivity contribution in [3.63, 3.8) is 0 Å². The van der Waals surface area contributed by atoms with Gasteiger partial charge in [0.05, 0.1) is 12.6 Å². The van der Waals surface area contributed by atoms with Gasteiger partial charge in [-0.25, -0.2) is 4.39 Å². The molecule has 1 amide bonds. The van der Waals surface area contributed by atoms with Crippen molar-refractivity contribution in [2.24, 2.45) is 0 Å². The van der Waals surface area contributed by atoms with Crippen LogP contribution in [0, 0.1) is 5.82 Å². The second-order valence-electron chi connectivity index (χ2n) is 6.61. The van der Waals surface area contributed by atoms with Crippen LogP contribution >= 0.6 is 0 Å². The number of rotatable bonds is 3. The molecule has 2 aromatic carbocycles. The van der Waals surface area contributed by atoms with Crippen molar-refractivity contribution in [3.8, 4) is 5.75 Å². The summed E-state index contributed by atoms with van der Waals surface area (Å²) in [7, 11) is 0. The number of ether oxygens (including phenoxy) is 1. The van der Waals surface area contributed by atoms with E-state index < -0.39 is 0 Å². The zero-order chi connectivity index (χ0) is 17.2. The Morgan fingerprint density at radius 1 is 1.12 bits per heavy atom. The topological polar surface area (TPSA) is 32.8 Å². The molecule has 4 nitrogen and oxygen atoms in total. The molecule has 0 saturated carbocycles. The SMILES string of the molecule is O=C(CN1CCOc2ccccc2C1)N1CCC1c1ccc(F)cc1. The van der Waals surface area contributed by atoms with E-state index >= 15 is 0 Å². The van der Waals surface area contributed by atoms with Crippen molar-refractivity contribution in [2.45, 2.75) is 19.0 Å². The second kappa shape index (κ2) is 6.84. The van der Waals surface area contributed by atoms with Crippen molar-refractivity contribution in [3.05, 3.63) is 65.5 Å². The summed E-state index contributed by atoms with van der Waals surface area (Å²) >= 11 is 0. The summed E-state index contributed by atoms with van der Waals surface area (Å²) in [6.45, 7) is 3.19. The Labute approximate surface area is 146 Å². The number of hydrogen-bond donors (Lipinski definition) is 0. The number of likely N-dealkylation sites (tertiary alicyclic amines) is 1. The molecule has 2 heterocycles. The molecule has 1 unspecified atom stereocenters. The van der Waals surface area contributed by atoms with E-state index in [1.165, 1.54) is 12.1 Å². The predicted octanol–water partition coefficient (Wildman–Crippen LogP) is 2.99. The van der Waals surface area contributed by atoms with Crippen LogP contribution in [-0.4, -0.2) is 41.9 Å². The molecule has 0 radical (unpaired) electrons. The Bertz CT molecular complexity index is 763. The Morgan fingerprint density at radius 3 is 2.68 bits per heavy atom. The second-order valence-corrected chi connectivity index (χ2v) is 6.61. The maximum absolute atomic E-state index is 13.1. The van der Waals surface area contributed by atoms with E-state index in [9.17, 15) is 9.18 Å². The molecule has 4 rings (SSSR count). The number of para-hydroxylation sites is 1. The first-order chi connectivity index (χ1) is 12.2. The van der Waals surface area contributed by atoms with Gasteiger partial charge in [-0.2, -0.15) is 0 Å². The van der Waals surface area contributed by atoms with Crippen LogP contribution in [-0.2, 0) is 11.3 Å². The largest absolute Gasteiger partial charge is 0.492 e. The van der Waals surface area contributed by atoms with E-state index in [0.29, 0.717) is 13.2 Å². The van der Waals surface area contributed by atoms with Gasteiger partial charge in [-0.15, -0.1) is 0 Å². The third-order valence-electron chi connectivity index (χ3n) is 4.99. The van der Waals surface area contributed by atoms with Gasteiger partial charge in [-0.05, 0) is 30.2 Å². The van der Waals surface area contributed by atoms with Crippen molar-refractivity contribution in [1.82, 2.24) is 9.80 Å². The molecule has 1 fully saturated rings. The summed E-state index contributed by atoms with van der Waals surface area (Å²) in [6.07, 6.45) is 0.934. The van der Waals surface area contributed by atoms with Crippen molar-refractivity contribution in [2.75, 3.05) is 26.2 Å². The molecule has 5 heteroatoms. The van der Waals surface area contributed by atoms with Gasteiger partial charge in [0.1, 0.15) is 18.2 Å². The monoisotopic (exact) mass is 340 g/mol. The van der Waals surface area contributed by atoms with Gasteiger partial charge >= 0.3 is 0 Å². The quantitative estimate of drug-likeness (QED) is 0.861. The Hall–Kier alpha value is -2.40. The first-order valence-electron chi connectivity index (χ1n) is 8.69. The summed E-state index contributed by atoms with van der Waals surface area (Å²) < 4.78 is 18.9. The van der Waals surface area contributed by atoms with Gasteiger partial charge in [0.15, 0.2) is 0 Å². The van der Waals surface area contributed by atoms with E-state index in [-0.39, 0.29) is 17.8 Å². The van der Waals surface area contributed by atoms with Gasteiger partial charge in [0.2, 0.25) is 5.91 Å². The van der Waals surface area contributed by atoms with Crippen molar-refractivity contribution < 1.29 is 13.9 Å². The smallest absolute Gasteiger partial charge is 0.237 e. The molecule has 2 aromatic rings. The van der Waals surface area contributed by atoms with E-state index in [1.54, 1.807) is 12.1 Å². The lowest BCUT2D eigenvalue weighted by atomic mass is 9.94. The van der Waals surface area contributed by atoms with Gasteiger partial charge in [-0.1, -0.05) is 30.3 Å². The summed E-state index contributed by atoms with van der Waals surface area (Å²) in [6, 6.07) is 14.5. The fraction of sp³-hybridized carbons (Fsp3) is 0.350. The summed E-state index contributed by atoms with van der Waals surface area (Å²) in [5, 5.41) is 0.